The monoisotopic (exact) mass is 281 g/mol. The number of nitrogens with zero attached hydrogens (tertiary/aromatic N) is 1. The summed E-state index contributed by atoms with van der Waals surface area (Å²) in [5, 5.41) is 0. The molecule has 2 aromatic rings. The lowest BCUT2D eigenvalue weighted by Gasteiger charge is -2.25. The zero-order valence-corrected chi connectivity index (χ0v) is 12.8. The second-order valence-corrected chi connectivity index (χ2v) is 5.69. The van der Waals surface area contributed by atoms with Gasteiger partial charge in [0.25, 0.3) is 0 Å². The van der Waals surface area contributed by atoms with E-state index in [9.17, 15) is 4.79 Å². The minimum atomic E-state index is 0.269. The first-order chi connectivity index (χ1) is 10.1. The molecule has 0 fully saturated rings. The maximum absolute atomic E-state index is 12.3. The van der Waals surface area contributed by atoms with Gasteiger partial charge in [-0.25, -0.2) is 0 Å². The minimum absolute atomic E-state index is 0.269. The second-order valence-electron chi connectivity index (χ2n) is 5.69. The summed E-state index contributed by atoms with van der Waals surface area (Å²) in [6, 6.07) is 20.6. The molecule has 0 aromatic heterocycles. The van der Waals surface area contributed by atoms with E-state index in [1.165, 1.54) is 5.56 Å². The topological polar surface area (TPSA) is 20.3 Å². The van der Waals surface area contributed by atoms with Crippen LogP contribution in [0.15, 0.2) is 60.7 Å². The summed E-state index contributed by atoms with van der Waals surface area (Å²) in [6.07, 6.45) is 0.513. The molecule has 0 unspecified atom stereocenters. The van der Waals surface area contributed by atoms with Gasteiger partial charge in [0.05, 0.1) is 6.54 Å². The van der Waals surface area contributed by atoms with E-state index in [2.05, 4.69) is 30.9 Å². The minimum Gasteiger partial charge on any atom is -0.298 e. The van der Waals surface area contributed by atoms with Crippen LogP contribution in [0.1, 0.15) is 25.0 Å². The first-order valence-corrected chi connectivity index (χ1v) is 7.49. The molecule has 0 aliphatic heterocycles. The van der Waals surface area contributed by atoms with Crippen molar-refractivity contribution in [3.05, 3.63) is 71.8 Å². The molecule has 2 rings (SSSR count). The molecular formula is C19H23NO. The van der Waals surface area contributed by atoms with Gasteiger partial charge in [-0.05, 0) is 25.0 Å². The number of carbonyl (C=O) groups excluding carboxylic acids is 1. The van der Waals surface area contributed by atoms with Crippen molar-refractivity contribution in [1.29, 1.82) is 0 Å². The number of ketones is 1. The number of hydrogen-bond acceptors (Lipinski definition) is 2. The van der Waals surface area contributed by atoms with Crippen molar-refractivity contribution < 1.29 is 4.79 Å². The quantitative estimate of drug-likeness (QED) is 0.771. The maximum Gasteiger partial charge on any atom is 0.151 e. The van der Waals surface area contributed by atoms with E-state index in [0.717, 1.165) is 12.1 Å². The molecule has 0 saturated heterocycles. The number of rotatable bonds is 7. The lowest BCUT2D eigenvalue weighted by Crippen LogP contribution is -2.35. The van der Waals surface area contributed by atoms with Gasteiger partial charge in [-0.3, -0.25) is 9.69 Å². The van der Waals surface area contributed by atoms with Gasteiger partial charge in [0.1, 0.15) is 0 Å². The Morgan fingerprint density at radius 1 is 0.905 bits per heavy atom. The van der Waals surface area contributed by atoms with Crippen LogP contribution in [0.2, 0.25) is 0 Å². The highest BCUT2D eigenvalue weighted by molar-refractivity contribution is 5.82. The lowest BCUT2D eigenvalue weighted by molar-refractivity contribution is -0.120. The Hall–Kier alpha value is -1.93. The largest absolute Gasteiger partial charge is 0.298 e. The van der Waals surface area contributed by atoms with Crippen molar-refractivity contribution in [3.8, 4) is 0 Å². The molecule has 0 aliphatic rings. The van der Waals surface area contributed by atoms with Gasteiger partial charge in [0.15, 0.2) is 5.78 Å². The first kappa shape index (κ1) is 15.5. The van der Waals surface area contributed by atoms with Crippen LogP contribution in [0.5, 0.6) is 0 Å². The molecule has 0 heterocycles. The zero-order chi connectivity index (χ0) is 15.1. The molecule has 0 N–H and O–H groups in total. The SMILES string of the molecule is CC(C)N(CC(=O)Cc1ccccc1)Cc1ccccc1. The average Bonchev–Trinajstić information content (AvgIpc) is 2.48. The van der Waals surface area contributed by atoms with Crippen molar-refractivity contribution in [2.45, 2.75) is 32.9 Å². The third-order valence-corrected chi connectivity index (χ3v) is 3.58. The fourth-order valence-electron chi connectivity index (χ4n) is 2.34. The summed E-state index contributed by atoms with van der Waals surface area (Å²) in [7, 11) is 0. The van der Waals surface area contributed by atoms with E-state index in [0.29, 0.717) is 19.0 Å². The van der Waals surface area contributed by atoms with Gasteiger partial charge in [-0.15, -0.1) is 0 Å². The average molecular weight is 281 g/mol. The van der Waals surface area contributed by atoms with Crippen LogP contribution in [0.4, 0.5) is 0 Å². The van der Waals surface area contributed by atoms with E-state index >= 15 is 0 Å². The molecule has 0 spiro atoms. The van der Waals surface area contributed by atoms with Gasteiger partial charge in [0, 0.05) is 19.0 Å². The van der Waals surface area contributed by atoms with Gasteiger partial charge in [-0.1, -0.05) is 60.7 Å². The van der Waals surface area contributed by atoms with Crippen LogP contribution >= 0.6 is 0 Å². The highest BCUT2D eigenvalue weighted by atomic mass is 16.1. The van der Waals surface area contributed by atoms with Gasteiger partial charge in [0.2, 0.25) is 0 Å². The Labute approximate surface area is 127 Å². The molecule has 110 valence electrons. The smallest absolute Gasteiger partial charge is 0.151 e. The summed E-state index contributed by atoms with van der Waals surface area (Å²) in [5.41, 5.74) is 2.34. The van der Waals surface area contributed by atoms with E-state index in [4.69, 9.17) is 0 Å². The van der Waals surface area contributed by atoms with Crippen molar-refractivity contribution in [2.75, 3.05) is 6.54 Å². The predicted octanol–water partition coefficient (Wildman–Crippen LogP) is 3.71. The zero-order valence-electron chi connectivity index (χ0n) is 12.8. The van der Waals surface area contributed by atoms with Crippen molar-refractivity contribution in [1.82, 2.24) is 4.90 Å². The number of benzene rings is 2. The highest BCUT2D eigenvalue weighted by Gasteiger charge is 2.14. The van der Waals surface area contributed by atoms with Crippen LogP contribution in [0.3, 0.4) is 0 Å². The maximum atomic E-state index is 12.3. The number of carbonyl (C=O) groups is 1. The first-order valence-electron chi connectivity index (χ1n) is 7.49. The molecule has 2 nitrogen and oxygen atoms in total. The van der Waals surface area contributed by atoms with Gasteiger partial charge < -0.3 is 0 Å². The normalized spacial score (nSPS) is 11.0. The summed E-state index contributed by atoms with van der Waals surface area (Å²) < 4.78 is 0. The van der Waals surface area contributed by atoms with Crippen molar-refractivity contribution in [2.24, 2.45) is 0 Å². The predicted molar refractivity (Wildman–Crippen MR) is 87.1 cm³/mol. The Balaban J connectivity index is 1.95. The lowest BCUT2D eigenvalue weighted by atomic mass is 10.1. The van der Waals surface area contributed by atoms with Crippen molar-refractivity contribution in [3.63, 3.8) is 0 Å². The Bertz CT molecular complexity index is 548. The number of Topliss-reactive ketones (excluding diaryl/α,β-unsaturated/α-hetero) is 1. The van der Waals surface area contributed by atoms with Crippen LogP contribution in [0.25, 0.3) is 0 Å². The Morgan fingerprint density at radius 3 is 1.95 bits per heavy atom. The van der Waals surface area contributed by atoms with E-state index in [1.54, 1.807) is 0 Å². The molecule has 21 heavy (non-hydrogen) atoms. The summed E-state index contributed by atoms with van der Waals surface area (Å²) in [4.78, 5) is 14.5. The standard InChI is InChI=1S/C19H23NO/c1-16(2)20(14-18-11-7-4-8-12-18)15-19(21)13-17-9-5-3-6-10-17/h3-12,16H,13-15H2,1-2H3. The van der Waals surface area contributed by atoms with E-state index in [-0.39, 0.29) is 5.78 Å². The highest BCUT2D eigenvalue weighted by Crippen LogP contribution is 2.09. The molecule has 0 bridgehead atoms. The molecule has 0 amide bonds. The molecule has 0 radical (unpaired) electrons. The third kappa shape index (κ3) is 5.16. The summed E-state index contributed by atoms with van der Waals surface area (Å²) in [5.74, 6) is 0.269. The van der Waals surface area contributed by atoms with Gasteiger partial charge >= 0.3 is 0 Å². The van der Waals surface area contributed by atoms with E-state index < -0.39 is 0 Å². The second kappa shape index (κ2) is 7.75. The van der Waals surface area contributed by atoms with Crippen LogP contribution in [-0.2, 0) is 17.8 Å². The van der Waals surface area contributed by atoms with Crippen LogP contribution < -0.4 is 0 Å². The van der Waals surface area contributed by atoms with E-state index in [1.807, 2.05) is 48.5 Å². The molecular weight excluding hydrogens is 258 g/mol. The van der Waals surface area contributed by atoms with Crippen LogP contribution in [0, 0.1) is 0 Å². The van der Waals surface area contributed by atoms with Crippen LogP contribution in [-0.4, -0.2) is 23.3 Å². The fourth-order valence-corrected chi connectivity index (χ4v) is 2.34. The summed E-state index contributed by atoms with van der Waals surface area (Å²) >= 11 is 0. The molecule has 0 atom stereocenters. The Kier molecular flexibility index (Phi) is 5.70. The Morgan fingerprint density at radius 2 is 1.43 bits per heavy atom. The number of hydrogen-bond donors (Lipinski definition) is 0. The van der Waals surface area contributed by atoms with Crippen molar-refractivity contribution >= 4 is 5.78 Å². The van der Waals surface area contributed by atoms with Gasteiger partial charge in [-0.2, -0.15) is 0 Å². The third-order valence-electron chi connectivity index (χ3n) is 3.58. The fraction of sp³-hybridized carbons (Fsp3) is 0.316. The molecule has 2 heteroatoms. The molecule has 2 aromatic carbocycles. The molecule has 0 aliphatic carbocycles. The summed E-state index contributed by atoms with van der Waals surface area (Å²) in [6.45, 7) is 5.60. The molecule has 0 saturated carbocycles.